The Kier molecular flexibility index (Phi) is 39.8. The zero-order valence-corrected chi connectivity index (χ0v) is 39.4. The number of hydrogen-bond acceptors (Lipinski definition) is 6. The number of carbonyl (C=O) groups excluding carboxylic acids is 1. The average Bonchev–Trinajstić information content (AvgIpc) is 3.17. The van der Waals surface area contributed by atoms with E-state index in [0.29, 0.717) is 30.3 Å². The number of unbranched alkanes of at least 4 members (excludes halogenated alkanes) is 22. The molecular formula is C49H93N2O6P. The van der Waals surface area contributed by atoms with Crippen molar-refractivity contribution in [2.24, 2.45) is 0 Å². The fourth-order valence-corrected chi connectivity index (χ4v) is 7.52. The Morgan fingerprint density at radius 3 is 1.50 bits per heavy atom. The molecule has 0 aliphatic heterocycles. The molecule has 0 rings (SSSR count). The number of phosphoric acid groups is 1. The van der Waals surface area contributed by atoms with Crippen LogP contribution in [0.1, 0.15) is 206 Å². The minimum absolute atomic E-state index is 0.00255. The highest BCUT2D eigenvalue weighted by Gasteiger charge is 2.24. The van der Waals surface area contributed by atoms with Crippen molar-refractivity contribution in [2.45, 2.75) is 219 Å². The summed E-state index contributed by atoms with van der Waals surface area (Å²) in [6, 6.07) is -0.823. The van der Waals surface area contributed by atoms with Gasteiger partial charge in [-0.2, -0.15) is 0 Å². The normalized spacial score (nSPS) is 14.7. The number of allylic oxidation sites excluding steroid dienone is 8. The molecule has 0 fully saturated rings. The van der Waals surface area contributed by atoms with E-state index in [1.54, 1.807) is 0 Å². The summed E-state index contributed by atoms with van der Waals surface area (Å²) in [4.78, 5) is 25.3. The number of nitrogens with one attached hydrogen (secondary N) is 1. The third-order valence-corrected chi connectivity index (χ3v) is 11.5. The first kappa shape index (κ1) is 56.5. The van der Waals surface area contributed by atoms with Gasteiger partial charge in [-0.25, -0.2) is 0 Å². The highest BCUT2D eigenvalue weighted by atomic mass is 31.2. The van der Waals surface area contributed by atoms with Gasteiger partial charge in [0.2, 0.25) is 5.91 Å². The smallest absolute Gasteiger partial charge is 0.268 e. The monoisotopic (exact) mass is 837 g/mol. The fraction of sp³-hybridized carbons (Fsp3) is 0.816. The highest BCUT2D eigenvalue weighted by Crippen LogP contribution is 2.38. The Morgan fingerprint density at radius 2 is 1.05 bits per heavy atom. The van der Waals surface area contributed by atoms with E-state index in [-0.39, 0.29) is 19.1 Å². The standard InChI is InChI=1S/C49H93N2O6P/c1-6-8-10-12-14-16-18-20-22-23-24-25-26-27-29-30-32-34-36-38-40-42-48(52)47(46-57-58(54,55)56-45-44-51(3,4)5)50-49(53)43-41-39-37-35-33-31-28-21-19-17-15-13-11-9-7-2/h9,11,15,17,21,28,33,35,47-48,52H,6-8,10,12-14,16,18-20,22-27,29-32,34,36-46H2,1-5H3,(H-,50,53,54,55)/b11-9-,17-15-,28-21-,35-33-. The number of aliphatic hydroxyl groups is 1. The van der Waals surface area contributed by atoms with Gasteiger partial charge in [-0.1, -0.05) is 197 Å². The van der Waals surface area contributed by atoms with Crippen LogP contribution < -0.4 is 10.2 Å². The minimum atomic E-state index is -4.58. The third-order valence-electron chi connectivity index (χ3n) is 10.6. The molecule has 1 amide bonds. The van der Waals surface area contributed by atoms with Crippen LogP contribution in [0.5, 0.6) is 0 Å². The molecule has 0 aliphatic carbocycles. The van der Waals surface area contributed by atoms with Gasteiger partial charge in [-0.15, -0.1) is 0 Å². The molecule has 0 heterocycles. The molecule has 0 radical (unpaired) electrons. The lowest BCUT2D eigenvalue weighted by Gasteiger charge is -2.30. The van der Waals surface area contributed by atoms with Crippen molar-refractivity contribution in [1.82, 2.24) is 5.32 Å². The number of hydrogen-bond donors (Lipinski definition) is 2. The predicted molar refractivity (Wildman–Crippen MR) is 247 cm³/mol. The molecule has 0 spiro atoms. The Hall–Kier alpha value is -1.54. The SMILES string of the molecule is CC/C=C\C/C=C\C/C=C\C/C=C\CCCCC(=O)NC(COP(=O)([O-])OCC[N+](C)(C)C)C(O)CCCCCCCCCCCCCCCCCCCCCCC. The van der Waals surface area contributed by atoms with Gasteiger partial charge in [0.15, 0.2) is 0 Å². The second-order valence-electron chi connectivity index (χ2n) is 17.4. The van der Waals surface area contributed by atoms with Gasteiger partial charge in [-0.05, 0) is 51.4 Å². The number of aliphatic hydroxyl groups excluding tert-OH is 1. The first-order valence-corrected chi connectivity index (χ1v) is 25.4. The van der Waals surface area contributed by atoms with Crippen LogP contribution in [0.2, 0.25) is 0 Å². The van der Waals surface area contributed by atoms with Crippen molar-refractivity contribution in [3.8, 4) is 0 Å². The van der Waals surface area contributed by atoms with Crippen molar-refractivity contribution in [3.63, 3.8) is 0 Å². The number of nitrogens with zero attached hydrogens (tertiary/aromatic N) is 1. The summed E-state index contributed by atoms with van der Waals surface area (Å²) in [5.41, 5.74) is 0. The predicted octanol–water partition coefficient (Wildman–Crippen LogP) is 13.0. The largest absolute Gasteiger partial charge is 0.756 e. The number of quaternary nitrogens is 1. The van der Waals surface area contributed by atoms with Crippen LogP contribution in [0.4, 0.5) is 0 Å². The van der Waals surface area contributed by atoms with Gasteiger partial charge in [-0.3, -0.25) is 9.36 Å². The Morgan fingerprint density at radius 1 is 0.621 bits per heavy atom. The van der Waals surface area contributed by atoms with Crippen LogP contribution in [-0.2, 0) is 18.4 Å². The number of amides is 1. The summed E-state index contributed by atoms with van der Waals surface area (Å²) in [5.74, 6) is -0.205. The molecule has 3 unspecified atom stereocenters. The Labute approximate surface area is 359 Å². The quantitative estimate of drug-likeness (QED) is 0.0274. The minimum Gasteiger partial charge on any atom is -0.756 e. The topological polar surface area (TPSA) is 108 Å². The zero-order valence-electron chi connectivity index (χ0n) is 38.5. The first-order chi connectivity index (χ1) is 28.0. The number of likely N-dealkylation sites (N-methyl/N-ethyl adjacent to an activating group) is 1. The first-order valence-electron chi connectivity index (χ1n) is 24.0. The maximum absolute atomic E-state index is 12.9. The summed E-state index contributed by atoms with van der Waals surface area (Å²) in [5, 5.41) is 13.9. The number of rotatable bonds is 43. The average molecular weight is 837 g/mol. The highest BCUT2D eigenvalue weighted by molar-refractivity contribution is 7.45. The molecule has 2 N–H and O–H groups in total. The molecule has 0 aromatic heterocycles. The van der Waals surface area contributed by atoms with E-state index in [2.05, 4.69) is 67.8 Å². The summed E-state index contributed by atoms with van der Waals surface area (Å²) in [6.07, 6.45) is 51.3. The van der Waals surface area contributed by atoms with Crippen molar-refractivity contribution < 1.29 is 32.9 Å². The van der Waals surface area contributed by atoms with Crippen LogP contribution in [0.25, 0.3) is 0 Å². The molecule has 3 atom stereocenters. The summed E-state index contributed by atoms with van der Waals surface area (Å²) in [7, 11) is 1.27. The lowest BCUT2D eigenvalue weighted by Crippen LogP contribution is -2.46. The Bertz CT molecular complexity index is 1090. The van der Waals surface area contributed by atoms with Gasteiger partial charge in [0.05, 0.1) is 39.9 Å². The van der Waals surface area contributed by atoms with Crippen LogP contribution in [-0.4, -0.2) is 68.5 Å². The maximum Gasteiger partial charge on any atom is 0.268 e. The van der Waals surface area contributed by atoms with Gasteiger partial charge in [0.1, 0.15) is 13.2 Å². The molecule has 0 aromatic carbocycles. The van der Waals surface area contributed by atoms with E-state index >= 15 is 0 Å². The summed E-state index contributed by atoms with van der Waals surface area (Å²) in [6.45, 7) is 4.58. The molecule has 9 heteroatoms. The maximum atomic E-state index is 12.9. The molecule has 0 bridgehead atoms. The van der Waals surface area contributed by atoms with Crippen molar-refractivity contribution in [1.29, 1.82) is 0 Å². The van der Waals surface area contributed by atoms with E-state index in [0.717, 1.165) is 57.8 Å². The van der Waals surface area contributed by atoms with Crippen LogP contribution in [0.3, 0.4) is 0 Å². The zero-order chi connectivity index (χ0) is 42.8. The van der Waals surface area contributed by atoms with E-state index in [1.165, 1.54) is 116 Å². The second-order valence-corrected chi connectivity index (χ2v) is 18.8. The molecule has 0 saturated heterocycles. The van der Waals surface area contributed by atoms with Crippen LogP contribution in [0, 0.1) is 0 Å². The van der Waals surface area contributed by atoms with Crippen LogP contribution in [0.15, 0.2) is 48.6 Å². The summed E-state index contributed by atoms with van der Waals surface area (Å²) >= 11 is 0. The van der Waals surface area contributed by atoms with E-state index in [9.17, 15) is 19.4 Å². The lowest BCUT2D eigenvalue weighted by molar-refractivity contribution is -0.870. The second kappa shape index (κ2) is 40.8. The summed E-state index contributed by atoms with van der Waals surface area (Å²) < 4.78 is 23.3. The Balaban J connectivity index is 4.34. The number of carbonyl (C=O) groups is 1. The number of phosphoric ester groups is 1. The van der Waals surface area contributed by atoms with Crippen molar-refractivity contribution in [3.05, 3.63) is 48.6 Å². The van der Waals surface area contributed by atoms with Gasteiger partial charge in [0.25, 0.3) is 7.82 Å². The van der Waals surface area contributed by atoms with E-state index in [4.69, 9.17) is 9.05 Å². The van der Waals surface area contributed by atoms with Gasteiger partial charge in [0, 0.05) is 6.42 Å². The van der Waals surface area contributed by atoms with E-state index in [1.807, 2.05) is 21.1 Å². The van der Waals surface area contributed by atoms with Crippen molar-refractivity contribution in [2.75, 3.05) is 40.9 Å². The molecule has 0 aliphatic rings. The van der Waals surface area contributed by atoms with Gasteiger partial charge < -0.3 is 28.8 Å². The molecule has 0 saturated carbocycles. The van der Waals surface area contributed by atoms with E-state index < -0.39 is 20.0 Å². The van der Waals surface area contributed by atoms with Crippen molar-refractivity contribution >= 4 is 13.7 Å². The molecule has 58 heavy (non-hydrogen) atoms. The molecular weight excluding hydrogens is 744 g/mol. The van der Waals surface area contributed by atoms with Gasteiger partial charge >= 0.3 is 0 Å². The fourth-order valence-electron chi connectivity index (χ4n) is 6.80. The molecule has 8 nitrogen and oxygen atoms in total. The third kappa shape index (κ3) is 42.6. The van der Waals surface area contributed by atoms with Crippen LogP contribution >= 0.6 is 7.82 Å². The molecule has 0 aromatic rings. The lowest BCUT2D eigenvalue weighted by atomic mass is 10.0. The molecule has 340 valence electrons.